The zero-order valence-electron chi connectivity index (χ0n) is 23.0. The molecule has 0 fully saturated rings. The van der Waals surface area contributed by atoms with Gasteiger partial charge < -0.3 is 20.1 Å². The number of rotatable bonds is 6. The van der Waals surface area contributed by atoms with Gasteiger partial charge in [-0.1, -0.05) is 36.4 Å². The summed E-state index contributed by atoms with van der Waals surface area (Å²) in [5.74, 6) is 0. The van der Waals surface area contributed by atoms with Crippen LogP contribution in [0.1, 0.15) is 11.4 Å². The quantitative estimate of drug-likeness (QED) is 0.102. The van der Waals surface area contributed by atoms with Crippen molar-refractivity contribution in [3.05, 3.63) is 108 Å². The van der Waals surface area contributed by atoms with Crippen LogP contribution in [0.15, 0.2) is 107 Å². The summed E-state index contributed by atoms with van der Waals surface area (Å²) in [7, 11) is -3.18. The zero-order valence-corrected chi connectivity index (χ0v) is 23.0. The van der Waals surface area contributed by atoms with Crippen molar-refractivity contribution in [1.82, 2.24) is 19.9 Å². The molecule has 210 valence electrons. The summed E-state index contributed by atoms with van der Waals surface area (Å²) in [4.78, 5) is 28.7. The second-order valence-corrected chi connectivity index (χ2v) is 10.1. The zero-order chi connectivity index (χ0) is 30.2. The van der Waals surface area contributed by atoms with Crippen LogP contribution in [0.2, 0.25) is 0 Å². The predicted molar refractivity (Wildman–Crippen MR) is 175 cm³/mol. The van der Waals surface area contributed by atoms with Crippen LogP contribution in [-0.4, -0.2) is 66.7 Å². The third kappa shape index (κ3) is 5.30. The van der Waals surface area contributed by atoms with E-state index in [1.165, 1.54) is 0 Å². The highest BCUT2D eigenvalue weighted by Crippen LogP contribution is 2.32. The maximum atomic E-state index is 9.51. The van der Waals surface area contributed by atoms with Gasteiger partial charge in [-0.2, -0.15) is 0 Å². The number of benzene rings is 4. The molecule has 0 unspecified atom stereocenters. The van der Waals surface area contributed by atoms with E-state index in [1.54, 1.807) is 61.0 Å². The van der Waals surface area contributed by atoms with E-state index in [0.29, 0.717) is 55.8 Å². The van der Waals surface area contributed by atoms with E-state index in [0.717, 1.165) is 21.8 Å². The highest BCUT2D eigenvalue weighted by molar-refractivity contribution is 6.59. The molecule has 10 nitrogen and oxygen atoms in total. The van der Waals surface area contributed by atoms with Gasteiger partial charge in [0.25, 0.3) is 0 Å². The Hall–Kier alpha value is -5.39. The van der Waals surface area contributed by atoms with Crippen LogP contribution in [0.3, 0.4) is 0 Å². The lowest BCUT2D eigenvalue weighted by Gasteiger charge is -2.10. The summed E-state index contributed by atoms with van der Waals surface area (Å²) in [5, 5.41) is 39.6. The third-order valence-electron chi connectivity index (χ3n) is 7.17. The third-order valence-corrected chi connectivity index (χ3v) is 7.17. The van der Waals surface area contributed by atoms with Crippen molar-refractivity contribution in [3.63, 3.8) is 0 Å². The van der Waals surface area contributed by atoms with E-state index in [9.17, 15) is 20.1 Å². The first-order valence-corrected chi connectivity index (χ1v) is 13.7. The molecule has 0 spiro atoms. The van der Waals surface area contributed by atoms with Crippen LogP contribution in [0.25, 0.3) is 43.9 Å². The minimum atomic E-state index is -1.59. The Labute approximate surface area is 251 Å². The number of para-hydroxylation sites is 2. The molecule has 7 aromatic rings. The van der Waals surface area contributed by atoms with Gasteiger partial charge in [-0.3, -0.25) is 9.98 Å². The predicted octanol–water partition coefficient (Wildman–Crippen LogP) is 2.74. The molecule has 7 rings (SSSR count). The van der Waals surface area contributed by atoms with Crippen LogP contribution < -0.4 is 10.9 Å². The average molecular weight is 576 g/mol. The normalized spacial score (nSPS) is 11.9. The molecule has 0 saturated carbocycles. The van der Waals surface area contributed by atoms with E-state index >= 15 is 0 Å². The van der Waals surface area contributed by atoms with Gasteiger partial charge in [-0.15, -0.1) is 0 Å². The second kappa shape index (κ2) is 11.4. The summed E-state index contributed by atoms with van der Waals surface area (Å²) in [6, 6.07) is 28.6. The van der Waals surface area contributed by atoms with Crippen molar-refractivity contribution in [2.75, 3.05) is 0 Å². The molecule has 4 aromatic carbocycles. The minimum Gasteiger partial charge on any atom is -0.423 e. The number of aliphatic imine (C=N–C) groups is 2. The molecule has 0 bridgehead atoms. The Kier molecular flexibility index (Phi) is 7.09. The Morgan fingerprint density at radius 1 is 0.477 bits per heavy atom. The molecule has 0 aliphatic rings. The molecule has 12 heteroatoms. The van der Waals surface area contributed by atoms with Gasteiger partial charge in [-0.25, -0.2) is 19.9 Å². The van der Waals surface area contributed by atoms with Crippen molar-refractivity contribution in [1.29, 1.82) is 0 Å². The summed E-state index contributed by atoms with van der Waals surface area (Å²) in [6.45, 7) is 0. The van der Waals surface area contributed by atoms with Gasteiger partial charge in [0.15, 0.2) is 0 Å². The molecule has 44 heavy (non-hydrogen) atoms. The van der Waals surface area contributed by atoms with Gasteiger partial charge in [0.05, 0.1) is 68.3 Å². The fourth-order valence-corrected chi connectivity index (χ4v) is 5.02. The van der Waals surface area contributed by atoms with E-state index in [-0.39, 0.29) is 0 Å². The van der Waals surface area contributed by atoms with E-state index < -0.39 is 14.2 Å². The molecule has 3 heterocycles. The molecule has 0 aliphatic heterocycles. The average Bonchev–Trinajstić information content (AvgIpc) is 3.05. The first-order chi connectivity index (χ1) is 21.4. The van der Waals surface area contributed by atoms with Crippen molar-refractivity contribution < 1.29 is 20.1 Å². The minimum absolute atomic E-state index is 0.340. The second-order valence-electron chi connectivity index (χ2n) is 10.1. The monoisotopic (exact) mass is 576 g/mol. The first-order valence-electron chi connectivity index (χ1n) is 13.7. The number of fused-ring (bicyclic) bond motifs is 7. The van der Waals surface area contributed by atoms with Crippen LogP contribution >= 0.6 is 0 Å². The summed E-state index contributed by atoms with van der Waals surface area (Å²) in [5.41, 5.74) is 7.09. The van der Waals surface area contributed by atoms with Gasteiger partial charge in [0.2, 0.25) is 0 Å². The Morgan fingerprint density at radius 2 is 0.909 bits per heavy atom. The topological polar surface area (TPSA) is 157 Å². The molecule has 0 amide bonds. The summed E-state index contributed by atoms with van der Waals surface area (Å²) >= 11 is 0. The fraction of sp³-hybridized carbons (Fsp3) is 0. The number of aromatic nitrogens is 4. The molecule has 0 aliphatic carbocycles. The summed E-state index contributed by atoms with van der Waals surface area (Å²) < 4.78 is 0. The van der Waals surface area contributed by atoms with Crippen LogP contribution in [-0.2, 0) is 0 Å². The molecule has 0 radical (unpaired) electrons. The lowest BCUT2D eigenvalue weighted by atomic mass is 9.80. The number of hydrogen-bond donors (Lipinski definition) is 4. The number of hydrogen-bond acceptors (Lipinski definition) is 10. The van der Waals surface area contributed by atoms with Crippen LogP contribution in [0.5, 0.6) is 0 Å². The SMILES string of the molecule is OB(O)c1cccc(N=Cc2ccc3c(n2)c2nc(C=Nc4cccc(B(O)O)c4)ccc2c2nc4ccccc4nc32)c1. The van der Waals surface area contributed by atoms with Gasteiger partial charge in [0, 0.05) is 10.8 Å². The van der Waals surface area contributed by atoms with Crippen molar-refractivity contribution in [3.8, 4) is 0 Å². The van der Waals surface area contributed by atoms with Crippen molar-refractivity contribution >= 4 is 92.8 Å². The smallest absolute Gasteiger partial charge is 0.423 e. The first kappa shape index (κ1) is 27.4. The Morgan fingerprint density at radius 3 is 1.34 bits per heavy atom. The van der Waals surface area contributed by atoms with Gasteiger partial charge >= 0.3 is 14.2 Å². The molecule has 0 saturated heterocycles. The number of pyridine rings is 2. The molecular formula is C32H22B2N6O4. The van der Waals surface area contributed by atoms with E-state index in [4.69, 9.17) is 19.9 Å². The lowest BCUT2D eigenvalue weighted by Crippen LogP contribution is -2.29. The molecule has 0 atom stereocenters. The standard InChI is InChI=1S/C32H22B2N6O4/c41-33(42)19-5-3-7-21(15-19)35-17-23-11-13-25-29(37-23)30-26(32-31(25)39-27-9-1-2-10-28(27)40-32)14-12-24(38-30)18-36-22-8-4-6-20(16-22)34(43)44/h1-18,41-44H. The molecule has 3 aromatic heterocycles. The largest absolute Gasteiger partial charge is 0.488 e. The van der Waals surface area contributed by atoms with E-state index in [1.807, 2.05) is 48.5 Å². The van der Waals surface area contributed by atoms with Crippen molar-refractivity contribution in [2.24, 2.45) is 9.98 Å². The highest BCUT2D eigenvalue weighted by atomic mass is 16.4. The lowest BCUT2D eigenvalue weighted by molar-refractivity contribution is 0.424. The Bertz CT molecular complexity index is 2120. The molecule has 4 N–H and O–H groups in total. The van der Waals surface area contributed by atoms with Gasteiger partial charge in [-0.05, 0) is 71.6 Å². The summed E-state index contributed by atoms with van der Waals surface area (Å²) in [6.07, 6.45) is 3.22. The van der Waals surface area contributed by atoms with Crippen molar-refractivity contribution in [2.45, 2.75) is 0 Å². The van der Waals surface area contributed by atoms with Crippen LogP contribution in [0.4, 0.5) is 11.4 Å². The van der Waals surface area contributed by atoms with Crippen LogP contribution in [0, 0.1) is 0 Å². The Balaban J connectivity index is 1.39. The fourth-order valence-electron chi connectivity index (χ4n) is 5.02. The van der Waals surface area contributed by atoms with E-state index in [2.05, 4.69) is 9.98 Å². The highest BCUT2D eigenvalue weighted by Gasteiger charge is 2.16. The maximum absolute atomic E-state index is 9.51. The maximum Gasteiger partial charge on any atom is 0.488 e. The van der Waals surface area contributed by atoms with Gasteiger partial charge in [0.1, 0.15) is 0 Å². The molecular weight excluding hydrogens is 554 g/mol. The number of nitrogens with zero attached hydrogens (tertiary/aromatic N) is 6.